The van der Waals surface area contributed by atoms with Gasteiger partial charge in [0.25, 0.3) is 0 Å². The third-order valence-electron chi connectivity index (χ3n) is 4.43. The first-order valence-electron chi connectivity index (χ1n) is 8.45. The molecular formula is C20H18N2O3S. The summed E-state index contributed by atoms with van der Waals surface area (Å²) in [4.78, 5) is 17.8. The first-order valence-corrected chi connectivity index (χ1v) is 9.33. The van der Waals surface area contributed by atoms with Crippen molar-refractivity contribution in [2.75, 3.05) is 18.0 Å². The number of ether oxygens (including phenoxy) is 1. The second-order valence-corrected chi connectivity index (χ2v) is 7.06. The Bertz CT molecular complexity index is 893. The van der Waals surface area contributed by atoms with Crippen LogP contribution >= 0.6 is 11.3 Å². The van der Waals surface area contributed by atoms with Crippen LogP contribution in [0, 0.1) is 5.92 Å². The number of carbonyl (C=O) groups is 1. The smallest absolute Gasteiger partial charge is 0.308 e. The Labute approximate surface area is 155 Å². The van der Waals surface area contributed by atoms with E-state index in [0.717, 1.165) is 34.4 Å². The lowest BCUT2D eigenvalue weighted by Gasteiger charge is -2.13. The van der Waals surface area contributed by atoms with Gasteiger partial charge in [0.15, 0.2) is 5.13 Å². The maximum atomic E-state index is 11.1. The van der Waals surface area contributed by atoms with Crippen LogP contribution < -0.4 is 9.64 Å². The fourth-order valence-corrected chi connectivity index (χ4v) is 3.87. The van der Waals surface area contributed by atoms with Crippen LogP contribution in [0.4, 0.5) is 5.13 Å². The maximum absolute atomic E-state index is 11.1. The maximum Gasteiger partial charge on any atom is 0.308 e. The molecule has 0 aliphatic carbocycles. The summed E-state index contributed by atoms with van der Waals surface area (Å²) in [7, 11) is 0. The number of aliphatic carboxylic acids is 1. The minimum Gasteiger partial charge on any atom is -0.481 e. The quantitative estimate of drug-likeness (QED) is 0.720. The third-order valence-corrected chi connectivity index (χ3v) is 5.33. The lowest BCUT2D eigenvalue weighted by atomic mass is 10.1. The predicted octanol–water partition coefficient (Wildman–Crippen LogP) is 4.51. The Balaban J connectivity index is 1.45. The zero-order chi connectivity index (χ0) is 17.9. The first-order chi connectivity index (χ1) is 12.7. The lowest BCUT2D eigenvalue weighted by Crippen LogP contribution is -2.22. The van der Waals surface area contributed by atoms with Crippen molar-refractivity contribution in [1.29, 1.82) is 0 Å². The number of hydrogen-bond acceptors (Lipinski definition) is 5. The highest BCUT2D eigenvalue weighted by Gasteiger charge is 2.29. The number of carboxylic acids is 1. The van der Waals surface area contributed by atoms with Gasteiger partial charge in [-0.25, -0.2) is 4.98 Å². The van der Waals surface area contributed by atoms with Crippen molar-refractivity contribution in [2.24, 2.45) is 5.92 Å². The molecule has 0 spiro atoms. The van der Waals surface area contributed by atoms with Crippen LogP contribution in [0.1, 0.15) is 6.42 Å². The van der Waals surface area contributed by atoms with Crippen molar-refractivity contribution >= 4 is 22.4 Å². The van der Waals surface area contributed by atoms with E-state index in [2.05, 4.69) is 9.88 Å². The first kappa shape index (κ1) is 16.6. The molecule has 1 N–H and O–H groups in total. The van der Waals surface area contributed by atoms with E-state index in [1.54, 1.807) is 11.3 Å². The predicted molar refractivity (Wildman–Crippen MR) is 102 cm³/mol. The van der Waals surface area contributed by atoms with Crippen LogP contribution in [-0.2, 0) is 4.79 Å². The normalized spacial score (nSPS) is 16.6. The molecular weight excluding hydrogens is 348 g/mol. The number of rotatable bonds is 5. The zero-order valence-electron chi connectivity index (χ0n) is 14.0. The van der Waals surface area contributed by atoms with Crippen molar-refractivity contribution in [2.45, 2.75) is 6.42 Å². The third kappa shape index (κ3) is 3.55. The Kier molecular flexibility index (Phi) is 4.58. The van der Waals surface area contributed by atoms with Crippen molar-refractivity contribution in [3.63, 3.8) is 0 Å². The van der Waals surface area contributed by atoms with Crippen molar-refractivity contribution in [1.82, 2.24) is 4.98 Å². The second kappa shape index (κ2) is 7.17. The fraction of sp³-hybridized carbons (Fsp3) is 0.200. The van der Waals surface area contributed by atoms with E-state index in [-0.39, 0.29) is 5.92 Å². The highest BCUT2D eigenvalue weighted by Crippen LogP contribution is 2.32. The average molecular weight is 366 g/mol. The van der Waals surface area contributed by atoms with Crippen LogP contribution in [0.25, 0.3) is 11.3 Å². The molecule has 132 valence electrons. The summed E-state index contributed by atoms with van der Waals surface area (Å²) < 4.78 is 5.81. The molecule has 1 saturated heterocycles. The molecule has 26 heavy (non-hydrogen) atoms. The number of thiazole rings is 1. The van der Waals surface area contributed by atoms with Crippen molar-refractivity contribution in [3.8, 4) is 22.8 Å². The molecule has 1 aromatic heterocycles. The molecule has 0 amide bonds. The Morgan fingerprint density at radius 1 is 1.12 bits per heavy atom. The van der Waals surface area contributed by atoms with Crippen LogP contribution in [-0.4, -0.2) is 29.1 Å². The number of aromatic nitrogens is 1. The molecule has 1 aliphatic heterocycles. The topological polar surface area (TPSA) is 62.7 Å². The largest absolute Gasteiger partial charge is 0.481 e. The van der Waals surface area contributed by atoms with Gasteiger partial charge in [0.1, 0.15) is 11.5 Å². The molecule has 4 rings (SSSR count). The number of carboxylic acid groups (broad SMARTS) is 1. The summed E-state index contributed by atoms with van der Waals surface area (Å²) >= 11 is 1.55. The lowest BCUT2D eigenvalue weighted by molar-refractivity contribution is -0.140. The van der Waals surface area contributed by atoms with E-state index in [1.807, 2.05) is 60.0 Å². The molecule has 0 saturated carbocycles. The number of benzene rings is 2. The molecule has 2 heterocycles. The average Bonchev–Trinajstić information content (AvgIpc) is 3.33. The van der Waals surface area contributed by atoms with E-state index in [9.17, 15) is 4.79 Å². The standard InChI is InChI=1S/C20H18N2O3S/c23-19(24)15-10-11-22(12-15)20-21-18(13-26-20)14-6-8-17(9-7-14)25-16-4-2-1-3-5-16/h1-9,13,15H,10-12H2,(H,23,24). The summed E-state index contributed by atoms with van der Waals surface area (Å²) in [6.45, 7) is 1.28. The van der Waals surface area contributed by atoms with E-state index in [1.165, 1.54) is 0 Å². The number of nitrogens with zero attached hydrogens (tertiary/aromatic N) is 2. The van der Waals surface area contributed by atoms with E-state index in [4.69, 9.17) is 9.84 Å². The highest BCUT2D eigenvalue weighted by atomic mass is 32.1. The molecule has 6 heteroatoms. The molecule has 0 radical (unpaired) electrons. The second-order valence-electron chi connectivity index (χ2n) is 6.22. The van der Waals surface area contributed by atoms with Crippen LogP contribution in [0.3, 0.4) is 0 Å². The molecule has 0 bridgehead atoms. The Hall–Kier alpha value is -2.86. The van der Waals surface area contributed by atoms with Crippen LogP contribution in [0.5, 0.6) is 11.5 Å². The van der Waals surface area contributed by atoms with Gasteiger partial charge < -0.3 is 14.7 Å². The minimum atomic E-state index is -0.724. The van der Waals surface area contributed by atoms with Crippen LogP contribution in [0.2, 0.25) is 0 Å². The Morgan fingerprint density at radius 2 is 1.85 bits per heavy atom. The highest BCUT2D eigenvalue weighted by molar-refractivity contribution is 7.14. The van der Waals surface area contributed by atoms with Crippen molar-refractivity contribution in [3.05, 3.63) is 60.0 Å². The number of hydrogen-bond donors (Lipinski definition) is 1. The van der Waals surface area contributed by atoms with Gasteiger partial charge in [-0.05, 0) is 42.8 Å². The summed E-state index contributed by atoms with van der Waals surface area (Å²) in [6, 6.07) is 17.5. The SMILES string of the molecule is O=C(O)C1CCN(c2nc(-c3ccc(Oc4ccccc4)cc3)cs2)C1. The zero-order valence-corrected chi connectivity index (χ0v) is 14.9. The summed E-state index contributed by atoms with van der Waals surface area (Å²) in [5.74, 6) is 0.563. The monoisotopic (exact) mass is 366 g/mol. The number of para-hydroxylation sites is 1. The molecule has 2 aromatic carbocycles. The summed E-state index contributed by atoms with van der Waals surface area (Å²) in [6.07, 6.45) is 0.676. The fourth-order valence-electron chi connectivity index (χ4n) is 3.00. The van der Waals surface area contributed by atoms with Gasteiger partial charge in [0, 0.05) is 24.0 Å². The molecule has 1 atom stereocenters. The van der Waals surface area contributed by atoms with Gasteiger partial charge in [-0.2, -0.15) is 0 Å². The van der Waals surface area contributed by atoms with Gasteiger partial charge in [-0.15, -0.1) is 11.3 Å². The van der Waals surface area contributed by atoms with E-state index < -0.39 is 5.97 Å². The van der Waals surface area contributed by atoms with E-state index >= 15 is 0 Å². The van der Waals surface area contributed by atoms with Gasteiger partial charge >= 0.3 is 5.97 Å². The number of anilines is 1. The summed E-state index contributed by atoms with van der Waals surface area (Å²) in [5, 5.41) is 12.0. The molecule has 3 aromatic rings. The van der Waals surface area contributed by atoms with Gasteiger partial charge in [-0.3, -0.25) is 4.79 Å². The molecule has 1 unspecified atom stereocenters. The molecule has 1 aliphatic rings. The summed E-state index contributed by atoms with van der Waals surface area (Å²) in [5.41, 5.74) is 1.91. The minimum absolute atomic E-state index is 0.295. The van der Waals surface area contributed by atoms with Gasteiger partial charge in [0.2, 0.25) is 0 Å². The van der Waals surface area contributed by atoms with E-state index in [0.29, 0.717) is 13.0 Å². The Morgan fingerprint density at radius 3 is 2.54 bits per heavy atom. The van der Waals surface area contributed by atoms with Crippen molar-refractivity contribution < 1.29 is 14.6 Å². The van der Waals surface area contributed by atoms with Crippen LogP contribution in [0.15, 0.2) is 60.0 Å². The van der Waals surface area contributed by atoms with Gasteiger partial charge in [-0.1, -0.05) is 18.2 Å². The van der Waals surface area contributed by atoms with Gasteiger partial charge in [0.05, 0.1) is 11.6 Å². The molecule has 5 nitrogen and oxygen atoms in total. The molecule has 1 fully saturated rings.